The fourth-order valence-electron chi connectivity index (χ4n) is 3.07. The van der Waals surface area contributed by atoms with E-state index < -0.39 is 28.7 Å². The Morgan fingerprint density at radius 1 is 1.18 bits per heavy atom. The van der Waals surface area contributed by atoms with Gasteiger partial charge in [-0.3, -0.25) is 14.5 Å². The Kier molecular flexibility index (Phi) is 5.90. The number of amides is 2. The largest absolute Gasteiger partial charge is 0.417 e. The minimum atomic E-state index is -4.64. The number of hydrogen-bond acceptors (Lipinski definition) is 3. The monoisotopic (exact) mass is 411 g/mol. The van der Waals surface area contributed by atoms with Crippen molar-refractivity contribution in [2.45, 2.75) is 12.2 Å². The number of hydrogen-bond donors (Lipinski definition) is 2. The molecular weight excluding hydrogens is 395 g/mol. The summed E-state index contributed by atoms with van der Waals surface area (Å²) >= 11 is 5.63. The zero-order chi connectivity index (χ0) is 20.3. The fraction of sp³-hybridized carbons (Fsp3) is 0.263. The summed E-state index contributed by atoms with van der Waals surface area (Å²) in [5.74, 6) is -0.748. The van der Waals surface area contributed by atoms with Crippen molar-refractivity contribution in [3.8, 4) is 0 Å². The van der Waals surface area contributed by atoms with E-state index in [1.165, 1.54) is 6.07 Å². The predicted molar refractivity (Wildman–Crippen MR) is 98.8 cm³/mol. The van der Waals surface area contributed by atoms with Crippen LogP contribution in [0, 0.1) is 0 Å². The van der Waals surface area contributed by atoms with E-state index >= 15 is 0 Å². The minimum absolute atomic E-state index is 0.0153. The van der Waals surface area contributed by atoms with Crippen molar-refractivity contribution in [3.05, 3.63) is 64.7 Å². The van der Waals surface area contributed by atoms with Crippen molar-refractivity contribution >= 4 is 29.1 Å². The molecule has 5 nitrogen and oxygen atoms in total. The topological polar surface area (TPSA) is 61.4 Å². The van der Waals surface area contributed by atoms with Gasteiger partial charge in [-0.05, 0) is 23.8 Å². The predicted octanol–water partition coefficient (Wildman–Crippen LogP) is 3.47. The summed E-state index contributed by atoms with van der Waals surface area (Å²) in [5.41, 5.74) is -0.413. The van der Waals surface area contributed by atoms with Crippen LogP contribution in [0.3, 0.4) is 0 Å². The summed E-state index contributed by atoms with van der Waals surface area (Å²) in [7, 11) is 0. The van der Waals surface area contributed by atoms with E-state index in [2.05, 4.69) is 10.6 Å². The molecule has 3 rings (SSSR count). The molecule has 1 unspecified atom stereocenters. The van der Waals surface area contributed by atoms with Gasteiger partial charge < -0.3 is 10.6 Å². The number of carbonyl (C=O) groups is 2. The van der Waals surface area contributed by atoms with Gasteiger partial charge in [0.25, 0.3) is 0 Å². The lowest BCUT2D eigenvalue weighted by Gasteiger charge is -2.33. The Labute approximate surface area is 164 Å². The normalized spacial score (nSPS) is 16.4. The standard InChI is InChI=1S/C19H17ClF3N3O2/c20-15-7-6-13(10-14(15)19(21,22)23)25-18(28)17(12-4-2-1-3-5-12)26-9-8-24-16(27)11-26/h1-7,10,17H,8-9,11H2,(H,24,27)(H,25,28). The van der Waals surface area contributed by atoms with Crippen molar-refractivity contribution in [1.82, 2.24) is 10.2 Å². The molecule has 1 saturated heterocycles. The second-order valence-electron chi connectivity index (χ2n) is 6.32. The zero-order valence-corrected chi connectivity index (χ0v) is 15.3. The highest BCUT2D eigenvalue weighted by molar-refractivity contribution is 6.31. The molecule has 1 aliphatic heterocycles. The molecule has 0 aliphatic carbocycles. The Balaban J connectivity index is 1.89. The van der Waals surface area contributed by atoms with E-state index in [9.17, 15) is 22.8 Å². The average Bonchev–Trinajstić information content (AvgIpc) is 2.63. The van der Waals surface area contributed by atoms with E-state index in [4.69, 9.17) is 11.6 Å². The summed E-state index contributed by atoms with van der Waals surface area (Å²) < 4.78 is 39.2. The zero-order valence-electron chi connectivity index (χ0n) is 14.6. The summed E-state index contributed by atoms with van der Waals surface area (Å²) in [6, 6.07) is 11.1. The second kappa shape index (κ2) is 8.20. The van der Waals surface area contributed by atoms with Gasteiger partial charge in [-0.2, -0.15) is 13.2 Å². The van der Waals surface area contributed by atoms with Gasteiger partial charge in [0.1, 0.15) is 6.04 Å². The van der Waals surface area contributed by atoms with Crippen LogP contribution in [-0.4, -0.2) is 36.3 Å². The van der Waals surface area contributed by atoms with Gasteiger partial charge in [0.15, 0.2) is 0 Å². The summed E-state index contributed by atoms with van der Waals surface area (Å²) in [6.07, 6.45) is -4.64. The number of carbonyl (C=O) groups excluding carboxylic acids is 2. The van der Waals surface area contributed by atoms with Gasteiger partial charge in [0, 0.05) is 18.8 Å². The number of piperazine rings is 1. The number of nitrogens with zero attached hydrogens (tertiary/aromatic N) is 1. The molecule has 1 heterocycles. The van der Waals surface area contributed by atoms with Gasteiger partial charge >= 0.3 is 6.18 Å². The molecule has 0 spiro atoms. The Bertz CT molecular complexity index is 874. The van der Waals surface area contributed by atoms with Gasteiger partial charge in [-0.25, -0.2) is 0 Å². The molecule has 1 aliphatic rings. The maximum atomic E-state index is 13.1. The van der Waals surface area contributed by atoms with Crippen LogP contribution < -0.4 is 10.6 Å². The molecule has 0 aromatic heterocycles. The lowest BCUT2D eigenvalue weighted by Crippen LogP contribution is -2.51. The summed E-state index contributed by atoms with van der Waals surface area (Å²) in [5, 5.41) is 4.76. The molecule has 1 fully saturated rings. The first-order chi connectivity index (χ1) is 13.3. The summed E-state index contributed by atoms with van der Waals surface area (Å²) in [6.45, 7) is 0.836. The van der Waals surface area contributed by atoms with Crippen LogP contribution in [0.15, 0.2) is 48.5 Å². The first-order valence-electron chi connectivity index (χ1n) is 8.49. The number of nitrogens with one attached hydrogen (secondary N) is 2. The number of rotatable bonds is 4. The Morgan fingerprint density at radius 2 is 1.89 bits per heavy atom. The number of benzene rings is 2. The molecule has 9 heteroatoms. The average molecular weight is 412 g/mol. The number of alkyl halides is 3. The summed E-state index contributed by atoms with van der Waals surface area (Å²) in [4.78, 5) is 26.4. The highest BCUT2D eigenvalue weighted by Gasteiger charge is 2.34. The Hall–Kier alpha value is -2.58. The molecule has 28 heavy (non-hydrogen) atoms. The van der Waals surface area contributed by atoms with E-state index in [1.807, 2.05) is 0 Å². The SMILES string of the molecule is O=C1CN(C(C(=O)Nc2ccc(Cl)c(C(F)(F)F)c2)c2ccccc2)CCN1. The molecule has 2 N–H and O–H groups in total. The van der Waals surface area contributed by atoms with Crippen molar-refractivity contribution in [2.24, 2.45) is 0 Å². The molecule has 0 saturated carbocycles. The molecule has 0 bridgehead atoms. The fourth-order valence-corrected chi connectivity index (χ4v) is 3.30. The van der Waals surface area contributed by atoms with Crippen molar-refractivity contribution < 1.29 is 22.8 Å². The van der Waals surface area contributed by atoms with Crippen LogP contribution in [0.4, 0.5) is 18.9 Å². The first-order valence-corrected chi connectivity index (χ1v) is 8.87. The van der Waals surface area contributed by atoms with Crippen molar-refractivity contribution in [1.29, 1.82) is 0 Å². The Morgan fingerprint density at radius 3 is 2.54 bits per heavy atom. The maximum absolute atomic E-state index is 13.1. The van der Waals surface area contributed by atoms with Crippen molar-refractivity contribution in [2.75, 3.05) is 25.0 Å². The number of halogens is 4. The molecule has 0 radical (unpaired) electrons. The van der Waals surface area contributed by atoms with Gasteiger partial charge in [-0.15, -0.1) is 0 Å². The number of anilines is 1. The van der Waals surface area contributed by atoms with E-state index in [0.29, 0.717) is 18.7 Å². The third-order valence-electron chi connectivity index (χ3n) is 4.34. The van der Waals surface area contributed by atoms with Crippen LogP contribution in [0.2, 0.25) is 5.02 Å². The molecule has 2 aromatic carbocycles. The third kappa shape index (κ3) is 4.63. The minimum Gasteiger partial charge on any atom is -0.354 e. The lowest BCUT2D eigenvalue weighted by atomic mass is 10.0. The van der Waals surface area contributed by atoms with Crippen LogP contribution in [0.5, 0.6) is 0 Å². The molecular formula is C19H17ClF3N3O2. The van der Waals surface area contributed by atoms with Gasteiger partial charge in [0.2, 0.25) is 11.8 Å². The highest BCUT2D eigenvalue weighted by Crippen LogP contribution is 2.36. The van der Waals surface area contributed by atoms with Gasteiger partial charge in [-0.1, -0.05) is 41.9 Å². The lowest BCUT2D eigenvalue weighted by molar-refractivity contribution is -0.137. The van der Waals surface area contributed by atoms with Crippen LogP contribution >= 0.6 is 11.6 Å². The molecule has 1 atom stereocenters. The maximum Gasteiger partial charge on any atom is 0.417 e. The van der Waals surface area contributed by atoms with Crippen LogP contribution in [-0.2, 0) is 15.8 Å². The molecule has 2 amide bonds. The second-order valence-corrected chi connectivity index (χ2v) is 6.72. The quantitative estimate of drug-likeness (QED) is 0.810. The third-order valence-corrected chi connectivity index (χ3v) is 4.67. The molecule has 148 valence electrons. The molecule has 2 aromatic rings. The smallest absolute Gasteiger partial charge is 0.354 e. The first kappa shape index (κ1) is 20.2. The highest BCUT2D eigenvalue weighted by atomic mass is 35.5. The van der Waals surface area contributed by atoms with Crippen molar-refractivity contribution in [3.63, 3.8) is 0 Å². The van der Waals surface area contributed by atoms with Crippen LogP contribution in [0.25, 0.3) is 0 Å². The van der Waals surface area contributed by atoms with E-state index in [1.54, 1.807) is 35.2 Å². The van der Waals surface area contributed by atoms with Crippen LogP contribution in [0.1, 0.15) is 17.2 Å². The van der Waals surface area contributed by atoms with E-state index in [0.717, 1.165) is 12.1 Å². The van der Waals surface area contributed by atoms with E-state index in [-0.39, 0.29) is 18.1 Å². The van der Waals surface area contributed by atoms with Gasteiger partial charge in [0.05, 0.1) is 17.1 Å².